The maximum absolute atomic E-state index is 12.9. The van der Waals surface area contributed by atoms with Gasteiger partial charge in [-0.05, 0) is 48.5 Å². The lowest BCUT2D eigenvalue weighted by atomic mass is 10.1. The predicted molar refractivity (Wildman–Crippen MR) is 113 cm³/mol. The number of hydrogen-bond donors (Lipinski definition) is 2. The van der Waals surface area contributed by atoms with Crippen molar-refractivity contribution in [1.29, 1.82) is 0 Å². The van der Waals surface area contributed by atoms with Gasteiger partial charge in [-0.3, -0.25) is 9.59 Å². The van der Waals surface area contributed by atoms with Crippen molar-refractivity contribution in [3.8, 4) is 17.0 Å². The van der Waals surface area contributed by atoms with Gasteiger partial charge in [0.05, 0.1) is 31.9 Å². The maximum Gasteiger partial charge on any atom is 0.337 e. The highest BCUT2D eigenvalue weighted by Crippen LogP contribution is 2.31. The van der Waals surface area contributed by atoms with Crippen molar-refractivity contribution in [3.05, 3.63) is 60.2 Å². The van der Waals surface area contributed by atoms with Gasteiger partial charge in [-0.1, -0.05) is 0 Å². The van der Waals surface area contributed by atoms with E-state index in [0.717, 1.165) is 11.3 Å². The van der Waals surface area contributed by atoms with Crippen LogP contribution in [0, 0.1) is 0 Å². The molecule has 0 saturated heterocycles. The van der Waals surface area contributed by atoms with E-state index >= 15 is 0 Å². The first kappa shape index (κ1) is 20.1. The number of amides is 2. The van der Waals surface area contributed by atoms with Crippen LogP contribution in [-0.4, -0.2) is 41.8 Å². The summed E-state index contributed by atoms with van der Waals surface area (Å²) < 4.78 is 11.3. The fourth-order valence-corrected chi connectivity index (χ4v) is 3.32. The van der Waals surface area contributed by atoms with Gasteiger partial charge >= 0.3 is 5.97 Å². The van der Waals surface area contributed by atoms with Gasteiger partial charge in [0, 0.05) is 17.3 Å². The second-order valence-corrected chi connectivity index (χ2v) is 6.91. The molecule has 1 aliphatic heterocycles. The topological polar surface area (TPSA) is 112 Å². The molecule has 158 valence electrons. The van der Waals surface area contributed by atoms with Gasteiger partial charge in [0.15, 0.2) is 0 Å². The van der Waals surface area contributed by atoms with E-state index < -0.39 is 12.0 Å². The van der Waals surface area contributed by atoms with Crippen LogP contribution >= 0.6 is 0 Å². The molecule has 1 unspecified atom stereocenters. The summed E-state index contributed by atoms with van der Waals surface area (Å²) in [6.07, 6.45) is -0.0389. The first-order valence-electron chi connectivity index (χ1n) is 9.51. The van der Waals surface area contributed by atoms with E-state index in [1.54, 1.807) is 37.4 Å². The number of fused-ring (bicyclic) bond motifs is 1. The Bertz CT molecular complexity index is 1140. The minimum Gasteiger partial charge on any atom is -0.497 e. The second-order valence-electron chi connectivity index (χ2n) is 6.91. The van der Waals surface area contributed by atoms with Gasteiger partial charge in [-0.25, -0.2) is 9.48 Å². The Morgan fingerprint density at radius 3 is 2.45 bits per heavy atom. The molecule has 0 saturated carbocycles. The molecule has 4 rings (SSSR count). The van der Waals surface area contributed by atoms with E-state index in [4.69, 9.17) is 4.74 Å². The van der Waals surface area contributed by atoms with Crippen molar-refractivity contribution in [1.82, 2.24) is 9.78 Å². The standard InChI is InChI=1S/C22H20N4O5/c1-30-16-9-5-13(6-10-16)17-11-19-24-20(27)12-18(26(19)25-17)21(28)23-15-7-3-14(4-8-15)22(29)31-2/h3-11,18H,12H2,1-2H3,(H,23,28)(H,24,27). The van der Waals surface area contributed by atoms with Gasteiger partial charge in [0.25, 0.3) is 0 Å². The van der Waals surface area contributed by atoms with Crippen LogP contribution in [0.1, 0.15) is 22.8 Å². The molecule has 1 atom stereocenters. The van der Waals surface area contributed by atoms with Crippen LogP contribution in [0.15, 0.2) is 54.6 Å². The van der Waals surface area contributed by atoms with Gasteiger partial charge in [0.2, 0.25) is 11.8 Å². The van der Waals surface area contributed by atoms with Gasteiger partial charge < -0.3 is 20.1 Å². The molecule has 2 amide bonds. The largest absolute Gasteiger partial charge is 0.497 e. The Labute approximate surface area is 178 Å². The number of carbonyl (C=O) groups is 3. The number of anilines is 2. The normalized spacial score (nSPS) is 14.9. The van der Waals surface area contributed by atoms with Crippen LogP contribution < -0.4 is 15.4 Å². The fourth-order valence-electron chi connectivity index (χ4n) is 3.32. The molecule has 0 spiro atoms. The number of aromatic nitrogens is 2. The molecule has 0 bridgehead atoms. The van der Waals surface area contributed by atoms with E-state index in [9.17, 15) is 14.4 Å². The summed E-state index contributed by atoms with van der Waals surface area (Å²) in [5, 5.41) is 10.1. The Morgan fingerprint density at radius 1 is 1.10 bits per heavy atom. The van der Waals surface area contributed by atoms with Crippen LogP contribution in [0.25, 0.3) is 11.3 Å². The van der Waals surface area contributed by atoms with Crippen molar-refractivity contribution < 1.29 is 23.9 Å². The number of hydrogen-bond acceptors (Lipinski definition) is 6. The molecule has 0 fully saturated rings. The summed E-state index contributed by atoms with van der Waals surface area (Å²) in [6.45, 7) is 0. The predicted octanol–water partition coefficient (Wildman–Crippen LogP) is 2.87. The zero-order chi connectivity index (χ0) is 22.0. The third kappa shape index (κ3) is 4.11. The minimum atomic E-state index is -0.809. The lowest BCUT2D eigenvalue weighted by Crippen LogP contribution is -2.35. The smallest absolute Gasteiger partial charge is 0.337 e. The van der Waals surface area contributed by atoms with Gasteiger partial charge in [-0.15, -0.1) is 0 Å². The van der Waals surface area contributed by atoms with E-state index in [-0.39, 0.29) is 18.2 Å². The number of methoxy groups -OCH3 is 2. The summed E-state index contributed by atoms with van der Waals surface area (Å²) in [6, 6.07) is 14.6. The average molecular weight is 420 g/mol. The summed E-state index contributed by atoms with van der Waals surface area (Å²) in [5.74, 6) is 0.0509. The lowest BCUT2D eigenvalue weighted by molar-refractivity contribution is -0.125. The maximum atomic E-state index is 12.9. The second kappa shape index (κ2) is 8.31. The van der Waals surface area contributed by atoms with Crippen molar-refractivity contribution in [2.45, 2.75) is 12.5 Å². The molecule has 2 heterocycles. The minimum absolute atomic E-state index is 0.0389. The van der Waals surface area contributed by atoms with Crippen LogP contribution in [0.2, 0.25) is 0 Å². The Kier molecular flexibility index (Phi) is 5.40. The molecule has 9 heteroatoms. The molecule has 2 N–H and O–H groups in total. The van der Waals surface area contributed by atoms with Crippen molar-refractivity contribution in [3.63, 3.8) is 0 Å². The summed E-state index contributed by atoms with van der Waals surface area (Å²) in [4.78, 5) is 36.6. The summed E-state index contributed by atoms with van der Waals surface area (Å²) >= 11 is 0. The Hall–Kier alpha value is -4.14. The van der Waals surface area contributed by atoms with E-state index in [0.29, 0.717) is 22.8 Å². The zero-order valence-corrected chi connectivity index (χ0v) is 16.9. The third-order valence-electron chi connectivity index (χ3n) is 4.94. The monoisotopic (exact) mass is 420 g/mol. The number of benzene rings is 2. The first-order valence-corrected chi connectivity index (χ1v) is 9.51. The van der Waals surface area contributed by atoms with Crippen molar-refractivity contribution >= 4 is 29.3 Å². The number of ether oxygens (including phenoxy) is 2. The van der Waals surface area contributed by atoms with Gasteiger partial charge in [-0.2, -0.15) is 5.10 Å². The van der Waals surface area contributed by atoms with Crippen LogP contribution in [0.5, 0.6) is 5.75 Å². The molecule has 0 aliphatic carbocycles. The molecule has 2 aromatic carbocycles. The first-order chi connectivity index (χ1) is 15.0. The highest BCUT2D eigenvalue weighted by Gasteiger charge is 2.32. The van der Waals surface area contributed by atoms with E-state index in [2.05, 4.69) is 20.5 Å². The fraction of sp³-hybridized carbons (Fsp3) is 0.182. The van der Waals surface area contributed by atoms with Crippen LogP contribution in [-0.2, 0) is 14.3 Å². The average Bonchev–Trinajstić information content (AvgIpc) is 3.22. The van der Waals surface area contributed by atoms with Crippen molar-refractivity contribution in [2.24, 2.45) is 0 Å². The Morgan fingerprint density at radius 2 is 1.81 bits per heavy atom. The lowest BCUT2D eigenvalue weighted by Gasteiger charge is -2.23. The molecule has 1 aliphatic rings. The Balaban J connectivity index is 1.56. The highest BCUT2D eigenvalue weighted by atomic mass is 16.5. The molecule has 3 aromatic rings. The number of nitrogens with zero attached hydrogens (tertiary/aromatic N) is 2. The number of carbonyl (C=O) groups excluding carboxylic acids is 3. The molecular formula is C22H20N4O5. The SMILES string of the molecule is COC(=O)c1ccc(NC(=O)C2CC(=O)Nc3cc(-c4ccc(OC)cc4)nn32)cc1. The third-order valence-corrected chi connectivity index (χ3v) is 4.94. The number of nitrogens with one attached hydrogen (secondary N) is 2. The molecule has 31 heavy (non-hydrogen) atoms. The van der Waals surface area contributed by atoms with Crippen LogP contribution in [0.3, 0.4) is 0 Å². The van der Waals surface area contributed by atoms with Crippen molar-refractivity contribution in [2.75, 3.05) is 24.9 Å². The molecule has 1 aromatic heterocycles. The summed E-state index contributed by atoms with van der Waals surface area (Å²) in [7, 11) is 2.89. The van der Waals surface area contributed by atoms with Gasteiger partial charge in [0.1, 0.15) is 17.6 Å². The van der Waals surface area contributed by atoms with Crippen LogP contribution in [0.4, 0.5) is 11.5 Å². The zero-order valence-electron chi connectivity index (χ0n) is 16.9. The van der Waals surface area contributed by atoms with E-state index in [1.165, 1.54) is 11.8 Å². The molecule has 0 radical (unpaired) electrons. The summed E-state index contributed by atoms with van der Waals surface area (Å²) in [5.41, 5.74) is 2.32. The number of esters is 1. The van der Waals surface area contributed by atoms with E-state index in [1.807, 2.05) is 24.3 Å². The number of rotatable bonds is 5. The molecule has 9 nitrogen and oxygen atoms in total. The quantitative estimate of drug-likeness (QED) is 0.614. The molecular weight excluding hydrogens is 400 g/mol. The highest BCUT2D eigenvalue weighted by molar-refractivity contribution is 6.01.